The molecule has 4 rings (SSSR count). The predicted molar refractivity (Wildman–Crippen MR) is 114 cm³/mol. The molecule has 33 heavy (non-hydrogen) atoms. The molecule has 0 aromatic heterocycles. The number of hydrogen-bond acceptors (Lipinski definition) is 9. The highest BCUT2D eigenvalue weighted by Gasteiger charge is 2.86. The molecule has 2 saturated heterocycles. The van der Waals surface area contributed by atoms with Crippen LogP contribution in [0.5, 0.6) is 0 Å². The van der Waals surface area contributed by atoms with Gasteiger partial charge in [-0.15, -0.1) is 0 Å². The van der Waals surface area contributed by atoms with E-state index in [9.17, 15) is 19.5 Å². The van der Waals surface area contributed by atoms with Gasteiger partial charge >= 0.3 is 17.9 Å². The summed E-state index contributed by atoms with van der Waals surface area (Å²) in [6.45, 7) is 10.2. The molecule has 2 aliphatic carbocycles. The Morgan fingerprint density at radius 2 is 1.82 bits per heavy atom. The van der Waals surface area contributed by atoms with Crippen molar-refractivity contribution >= 4 is 17.9 Å². The van der Waals surface area contributed by atoms with Crippen molar-refractivity contribution in [1.82, 2.24) is 0 Å². The zero-order valence-electron chi connectivity index (χ0n) is 20.1. The van der Waals surface area contributed by atoms with E-state index in [-0.39, 0.29) is 31.3 Å². The van der Waals surface area contributed by atoms with Gasteiger partial charge in [0.05, 0.1) is 24.7 Å². The van der Waals surface area contributed by atoms with Crippen LogP contribution in [0.4, 0.5) is 0 Å². The van der Waals surface area contributed by atoms with E-state index < -0.39 is 58.9 Å². The third-order valence-electron chi connectivity index (χ3n) is 8.03. The van der Waals surface area contributed by atoms with Crippen molar-refractivity contribution < 1.29 is 43.2 Å². The Kier molecular flexibility index (Phi) is 5.90. The second-order valence-corrected chi connectivity index (χ2v) is 10.5. The lowest BCUT2D eigenvalue weighted by Gasteiger charge is -2.58. The minimum Gasteiger partial charge on any atom is -0.458 e. The predicted octanol–water partition coefficient (Wildman–Crippen LogP) is 1.69. The van der Waals surface area contributed by atoms with Crippen LogP contribution in [0.1, 0.15) is 54.4 Å². The van der Waals surface area contributed by atoms with Gasteiger partial charge in [0.1, 0.15) is 17.8 Å². The zero-order valence-corrected chi connectivity index (χ0v) is 20.1. The molecule has 9 heteroatoms. The average Bonchev–Trinajstić information content (AvgIpc) is 3.48. The van der Waals surface area contributed by atoms with Crippen LogP contribution < -0.4 is 0 Å². The van der Waals surface area contributed by atoms with Crippen molar-refractivity contribution in [2.75, 3.05) is 13.2 Å². The number of carbonyl (C=O) groups is 3. The molecule has 1 spiro atoms. The van der Waals surface area contributed by atoms with Crippen molar-refractivity contribution in [3.63, 3.8) is 0 Å². The van der Waals surface area contributed by atoms with E-state index in [0.717, 1.165) is 5.57 Å². The van der Waals surface area contributed by atoms with E-state index in [1.54, 1.807) is 0 Å². The van der Waals surface area contributed by atoms with Gasteiger partial charge < -0.3 is 28.8 Å². The molecule has 2 aliphatic heterocycles. The van der Waals surface area contributed by atoms with Gasteiger partial charge in [-0.3, -0.25) is 14.4 Å². The molecule has 0 aromatic carbocycles. The van der Waals surface area contributed by atoms with E-state index in [4.69, 9.17) is 23.7 Å². The van der Waals surface area contributed by atoms with Crippen molar-refractivity contribution in [3.8, 4) is 0 Å². The van der Waals surface area contributed by atoms with E-state index >= 15 is 0 Å². The number of aliphatic hydroxyl groups excluding tert-OH is 1. The Morgan fingerprint density at radius 1 is 1.18 bits per heavy atom. The molecule has 1 saturated carbocycles. The minimum absolute atomic E-state index is 0.150. The van der Waals surface area contributed by atoms with Gasteiger partial charge in [0.15, 0.2) is 12.2 Å². The van der Waals surface area contributed by atoms with E-state index in [1.807, 2.05) is 33.8 Å². The number of epoxide rings is 1. The van der Waals surface area contributed by atoms with Gasteiger partial charge in [-0.2, -0.15) is 0 Å². The topological polar surface area (TPSA) is 121 Å². The highest BCUT2D eigenvalue weighted by molar-refractivity contribution is 5.70. The standard InChI is InChI=1S/C24H34O9/c1-12(2)7-18(28)32-16-9-23(10-25)17(8-13(16)3)33-21-19(30-14(4)26)20(31-15(5)27)22(23,6)24(21)11-29-24/h8,12,16-17,19-21,25H,7,9-11H2,1-6H3/t16-,17+,19+,20+,21+,22+,23+,24?/m0/s1. The third-order valence-corrected chi connectivity index (χ3v) is 8.03. The molecule has 8 atom stereocenters. The average molecular weight is 467 g/mol. The van der Waals surface area contributed by atoms with Crippen molar-refractivity contribution in [1.29, 1.82) is 0 Å². The first kappa shape index (κ1) is 24.2. The van der Waals surface area contributed by atoms with Crippen LogP contribution in [-0.2, 0) is 38.1 Å². The Morgan fingerprint density at radius 3 is 2.33 bits per heavy atom. The van der Waals surface area contributed by atoms with Crippen molar-refractivity contribution in [2.24, 2.45) is 16.7 Å². The summed E-state index contributed by atoms with van der Waals surface area (Å²) in [5.41, 5.74) is -2.03. The first-order chi connectivity index (χ1) is 15.4. The molecule has 1 N–H and O–H groups in total. The highest BCUT2D eigenvalue weighted by Crippen LogP contribution is 2.72. The normalized spacial score (nSPS) is 43.0. The largest absolute Gasteiger partial charge is 0.458 e. The Hall–Kier alpha value is -1.97. The number of esters is 3. The monoisotopic (exact) mass is 466 g/mol. The number of aliphatic hydroxyl groups is 1. The Balaban J connectivity index is 1.78. The van der Waals surface area contributed by atoms with Gasteiger partial charge in [0.25, 0.3) is 0 Å². The lowest BCUT2D eigenvalue weighted by Crippen LogP contribution is -2.67. The van der Waals surface area contributed by atoms with Gasteiger partial charge in [0.2, 0.25) is 0 Å². The van der Waals surface area contributed by atoms with Crippen LogP contribution in [0.25, 0.3) is 0 Å². The summed E-state index contributed by atoms with van der Waals surface area (Å²) >= 11 is 0. The van der Waals surface area contributed by atoms with Crippen molar-refractivity contribution in [3.05, 3.63) is 11.6 Å². The molecule has 4 aliphatic rings. The number of rotatable bonds is 6. The summed E-state index contributed by atoms with van der Waals surface area (Å²) in [6.07, 6.45) is -1.17. The number of hydrogen-bond donors (Lipinski definition) is 1. The van der Waals surface area contributed by atoms with E-state index in [1.165, 1.54) is 13.8 Å². The molecule has 184 valence electrons. The van der Waals surface area contributed by atoms with Crippen LogP contribution in [0.15, 0.2) is 11.6 Å². The maximum Gasteiger partial charge on any atom is 0.306 e. The minimum atomic E-state index is -1.00. The molecule has 2 bridgehead atoms. The van der Waals surface area contributed by atoms with Crippen LogP contribution in [0, 0.1) is 16.7 Å². The van der Waals surface area contributed by atoms with Crippen LogP contribution in [0.2, 0.25) is 0 Å². The fourth-order valence-corrected chi connectivity index (χ4v) is 6.34. The second kappa shape index (κ2) is 8.06. The lowest BCUT2D eigenvalue weighted by atomic mass is 9.51. The van der Waals surface area contributed by atoms with Crippen LogP contribution >= 0.6 is 0 Å². The third kappa shape index (κ3) is 3.42. The van der Waals surface area contributed by atoms with Gasteiger partial charge in [-0.25, -0.2) is 0 Å². The highest BCUT2D eigenvalue weighted by atomic mass is 16.7. The fourth-order valence-electron chi connectivity index (χ4n) is 6.34. The first-order valence-corrected chi connectivity index (χ1v) is 11.5. The molecule has 0 aromatic rings. The van der Waals surface area contributed by atoms with Gasteiger partial charge in [-0.1, -0.05) is 26.8 Å². The summed E-state index contributed by atoms with van der Waals surface area (Å²) < 4.78 is 29.7. The maximum atomic E-state index is 12.5. The summed E-state index contributed by atoms with van der Waals surface area (Å²) in [7, 11) is 0. The number of carbonyl (C=O) groups excluding carboxylic acids is 3. The van der Waals surface area contributed by atoms with E-state index in [0.29, 0.717) is 6.61 Å². The van der Waals surface area contributed by atoms with Gasteiger partial charge in [-0.05, 0) is 24.8 Å². The van der Waals surface area contributed by atoms with Crippen molar-refractivity contribution in [2.45, 2.75) is 90.5 Å². The fraction of sp³-hybridized carbons (Fsp3) is 0.792. The number of fused-ring (bicyclic) bond motifs is 2. The molecular formula is C24H34O9. The van der Waals surface area contributed by atoms with E-state index in [2.05, 4.69) is 0 Å². The molecule has 1 unspecified atom stereocenters. The quantitative estimate of drug-likeness (QED) is 0.270. The first-order valence-electron chi connectivity index (χ1n) is 11.5. The summed E-state index contributed by atoms with van der Waals surface area (Å²) in [5, 5.41) is 10.9. The summed E-state index contributed by atoms with van der Waals surface area (Å²) in [4.78, 5) is 36.6. The smallest absolute Gasteiger partial charge is 0.306 e. The SMILES string of the molecule is CC(=O)O[C@H]1[C@H]2O[C@@H]3C=C(C)[C@@H](OC(=O)CC(C)C)C[C@]3(CO)[C@@](C)([C@@H]1OC(C)=O)C21CO1. The summed E-state index contributed by atoms with van der Waals surface area (Å²) in [5.74, 6) is -1.22. The Bertz CT molecular complexity index is 875. The molecule has 2 heterocycles. The van der Waals surface area contributed by atoms with Crippen LogP contribution in [-0.4, -0.2) is 72.3 Å². The molecule has 9 nitrogen and oxygen atoms in total. The summed E-state index contributed by atoms with van der Waals surface area (Å²) in [6, 6.07) is 0. The van der Waals surface area contributed by atoms with Crippen LogP contribution in [0.3, 0.4) is 0 Å². The maximum absolute atomic E-state index is 12.5. The zero-order chi connectivity index (χ0) is 24.3. The Labute approximate surface area is 193 Å². The number of ether oxygens (including phenoxy) is 5. The molecule has 0 amide bonds. The molecular weight excluding hydrogens is 432 g/mol. The van der Waals surface area contributed by atoms with Gasteiger partial charge in [0, 0.05) is 25.7 Å². The second-order valence-electron chi connectivity index (χ2n) is 10.5. The molecule has 3 fully saturated rings. The lowest BCUT2D eigenvalue weighted by molar-refractivity contribution is -0.237. The molecule has 0 radical (unpaired) electrons.